The van der Waals surface area contributed by atoms with E-state index in [0.717, 1.165) is 43.0 Å². The van der Waals surface area contributed by atoms with Crippen molar-refractivity contribution in [2.24, 2.45) is 11.7 Å². The molecule has 0 spiro atoms. The van der Waals surface area contributed by atoms with Crippen LogP contribution in [0.1, 0.15) is 37.0 Å². The predicted octanol–water partition coefficient (Wildman–Crippen LogP) is 4.17. The molecule has 3 N–H and O–H groups in total. The SMILES string of the molecule is CC(C)CCNCc1ccc2c(c1)CCc1cc(OC(N)=O)ccc1O2. The number of nitrogens with two attached hydrogens (primary N) is 1. The number of aryl methyl sites for hydroxylation is 2. The molecule has 0 saturated carbocycles. The van der Waals surface area contributed by atoms with E-state index >= 15 is 0 Å². The van der Waals surface area contributed by atoms with Crippen molar-refractivity contribution in [3.8, 4) is 17.2 Å². The van der Waals surface area contributed by atoms with Gasteiger partial charge in [0.05, 0.1) is 0 Å². The maximum atomic E-state index is 10.9. The minimum absolute atomic E-state index is 0.445. The number of hydrogen-bond donors (Lipinski definition) is 2. The molecule has 2 aromatic rings. The maximum Gasteiger partial charge on any atom is 0.409 e. The van der Waals surface area contributed by atoms with Crippen LogP contribution in [0.15, 0.2) is 36.4 Å². The van der Waals surface area contributed by atoms with Crippen molar-refractivity contribution in [2.75, 3.05) is 6.54 Å². The molecular formula is C21H26N2O3. The molecule has 0 bridgehead atoms. The Morgan fingerprint density at radius 2 is 1.85 bits per heavy atom. The van der Waals surface area contributed by atoms with Crippen molar-refractivity contribution in [2.45, 2.75) is 39.7 Å². The second-order valence-electron chi connectivity index (χ2n) is 7.09. The fourth-order valence-electron chi connectivity index (χ4n) is 3.08. The molecule has 1 aliphatic rings. The van der Waals surface area contributed by atoms with Gasteiger partial charge in [0, 0.05) is 6.54 Å². The fourth-order valence-corrected chi connectivity index (χ4v) is 3.08. The summed E-state index contributed by atoms with van der Waals surface area (Å²) in [5.41, 5.74) is 8.56. The molecular weight excluding hydrogens is 328 g/mol. The van der Waals surface area contributed by atoms with Gasteiger partial charge in [0.1, 0.15) is 17.2 Å². The van der Waals surface area contributed by atoms with E-state index in [-0.39, 0.29) is 0 Å². The first kappa shape index (κ1) is 18.3. The van der Waals surface area contributed by atoms with E-state index in [1.165, 1.54) is 17.5 Å². The largest absolute Gasteiger partial charge is 0.457 e. The molecule has 0 aromatic heterocycles. The predicted molar refractivity (Wildman–Crippen MR) is 102 cm³/mol. The normalized spacial score (nSPS) is 12.7. The third-order valence-electron chi connectivity index (χ3n) is 4.49. The number of rotatable bonds is 6. The molecule has 1 amide bonds. The van der Waals surface area contributed by atoms with Gasteiger partial charge in [0.25, 0.3) is 0 Å². The molecule has 26 heavy (non-hydrogen) atoms. The Kier molecular flexibility index (Phi) is 5.78. The number of ether oxygens (including phenoxy) is 2. The Labute approximate surface area is 154 Å². The van der Waals surface area contributed by atoms with Gasteiger partial charge in [0.15, 0.2) is 0 Å². The minimum Gasteiger partial charge on any atom is -0.457 e. The highest BCUT2D eigenvalue weighted by Gasteiger charge is 2.16. The van der Waals surface area contributed by atoms with E-state index in [1.807, 2.05) is 18.2 Å². The standard InChI is InChI=1S/C21H26N2O3/c1-14(2)9-10-23-13-15-3-7-19-16(11-15)4-5-17-12-18(25-21(22)24)6-8-20(17)26-19/h3,6-8,11-12,14,23H,4-5,9-10,13H2,1-2H3,(H2,22,24). The lowest BCUT2D eigenvalue weighted by Gasteiger charge is -2.12. The third kappa shape index (κ3) is 4.76. The highest BCUT2D eigenvalue weighted by Crippen LogP contribution is 2.35. The first-order valence-electron chi connectivity index (χ1n) is 9.12. The van der Waals surface area contributed by atoms with Crippen LogP contribution < -0.4 is 20.5 Å². The molecule has 0 atom stereocenters. The van der Waals surface area contributed by atoms with E-state index in [0.29, 0.717) is 11.7 Å². The summed E-state index contributed by atoms with van der Waals surface area (Å²) in [5.74, 6) is 2.84. The van der Waals surface area contributed by atoms with Gasteiger partial charge in [0.2, 0.25) is 0 Å². The molecule has 138 valence electrons. The highest BCUT2D eigenvalue weighted by molar-refractivity contribution is 5.68. The molecule has 3 rings (SSSR count). The maximum absolute atomic E-state index is 10.9. The van der Waals surface area contributed by atoms with Crippen molar-refractivity contribution in [3.05, 3.63) is 53.1 Å². The van der Waals surface area contributed by atoms with Crippen LogP contribution in [0, 0.1) is 5.92 Å². The first-order valence-corrected chi connectivity index (χ1v) is 9.12. The van der Waals surface area contributed by atoms with Gasteiger partial charge in [-0.25, -0.2) is 4.79 Å². The summed E-state index contributed by atoms with van der Waals surface area (Å²) >= 11 is 0. The van der Waals surface area contributed by atoms with E-state index < -0.39 is 6.09 Å². The van der Waals surface area contributed by atoms with Gasteiger partial charge in [-0.2, -0.15) is 0 Å². The molecule has 1 aliphatic heterocycles. The quantitative estimate of drug-likeness (QED) is 0.764. The number of amides is 1. The molecule has 0 unspecified atom stereocenters. The van der Waals surface area contributed by atoms with Crippen molar-refractivity contribution < 1.29 is 14.3 Å². The smallest absolute Gasteiger partial charge is 0.409 e. The van der Waals surface area contributed by atoms with Gasteiger partial charge in [-0.3, -0.25) is 0 Å². The Morgan fingerprint density at radius 1 is 1.15 bits per heavy atom. The zero-order valence-electron chi connectivity index (χ0n) is 15.4. The topological polar surface area (TPSA) is 73.6 Å². The molecule has 2 aromatic carbocycles. The summed E-state index contributed by atoms with van der Waals surface area (Å²) in [6.07, 6.45) is 2.07. The summed E-state index contributed by atoms with van der Waals surface area (Å²) in [4.78, 5) is 10.9. The van der Waals surface area contributed by atoms with Crippen LogP contribution in [0.25, 0.3) is 0 Å². The second kappa shape index (κ2) is 8.23. The Balaban J connectivity index is 1.69. The van der Waals surface area contributed by atoms with Gasteiger partial charge in [-0.05, 0) is 72.7 Å². The molecule has 1 heterocycles. The lowest BCUT2D eigenvalue weighted by molar-refractivity contribution is 0.211. The number of nitrogens with one attached hydrogen (secondary N) is 1. The molecule has 0 saturated heterocycles. The number of benzene rings is 2. The number of carbonyl (C=O) groups excluding carboxylic acids is 1. The highest BCUT2D eigenvalue weighted by atomic mass is 16.5. The lowest BCUT2D eigenvalue weighted by Crippen LogP contribution is -2.16. The van der Waals surface area contributed by atoms with E-state index in [2.05, 4.69) is 31.3 Å². The first-order chi connectivity index (χ1) is 12.5. The van der Waals surface area contributed by atoms with Crippen LogP contribution in [-0.2, 0) is 19.4 Å². The van der Waals surface area contributed by atoms with Crippen molar-refractivity contribution in [1.82, 2.24) is 5.32 Å². The second-order valence-corrected chi connectivity index (χ2v) is 7.09. The lowest BCUT2D eigenvalue weighted by atomic mass is 10.0. The van der Waals surface area contributed by atoms with Crippen molar-refractivity contribution in [3.63, 3.8) is 0 Å². The van der Waals surface area contributed by atoms with Gasteiger partial charge >= 0.3 is 6.09 Å². The Bertz CT molecular complexity index is 787. The number of fused-ring (bicyclic) bond motifs is 2. The van der Waals surface area contributed by atoms with Gasteiger partial charge < -0.3 is 20.5 Å². The van der Waals surface area contributed by atoms with Gasteiger partial charge in [-0.15, -0.1) is 0 Å². The van der Waals surface area contributed by atoms with E-state index in [1.54, 1.807) is 6.07 Å². The Morgan fingerprint density at radius 3 is 2.54 bits per heavy atom. The van der Waals surface area contributed by atoms with Crippen LogP contribution >= 0.6 is 0 Å². The van der Waals surface area contributed by atoms with Crippen LogP contribution in [0.5, 0.6) is 17.2 Å². The summed E-state index contributed by atoms with van der Waals surface area (Å²) in [6.45, 7) is 6.36. The molecule has 0 radical (unpaired) electrons. The number of hydrogen-bond acceptors (Lipinski definition) is 4. The van der Waals surface area contributed by atoms with E-state index in [4.69, 9.17) is 15.2 Å². The van der Waals surface area contributed by atoms with Crippen molar-refractivity contribution in [1.29, 1.82) is 0 Å². The molecule has 0 aliphatic carbocycles. The third-order valence-corrected chi connectivity index (χ3v) is 4.49. The van der Waals surface area contributed by atoms with Crippen LogP contribution in [-0.4, -0.2) is 12.6 Å². The molecule has 5 heteroatoms. The fraction of sp³-hybridized carbons (Fsp3) is 0.381. The molecule has 0 fully saturated rings. The summed E-state index contributed by atoms with van der Waals surface area (Å²) in [5, 5.41) is 3.50. The summed E-state index contributed by atoms with van der Waals surface area (Å²) < 4.78 is 11.0. The monoisotopic (exact) mass is 354 g/mol. The number of carbonyl (C=O) groups is 1. The van der Waals surface area contributed by atoms with Crippen LogP contribution in [0.2, 0.25) is 0 Å². The average molecular weight is 354 g/mol. The zero-order chi connectivity index (χ0) is 18.5. The van der Waals surface area contributed by atoms with Gasteiger partial charge in [-0.1, -0.05) is 26.0 Å². The van der Waals surface area contributed by atoms with Crippen molar-refractivity contribution >= 4 is 6.09 Å². The molecule has 5 nitrogen and oxygen atoms in total. The minimum atomic E-state index is -0.808. The van der Waals surface area contributed by atoms with E-state index in [9.17, 15) is 4.79 Å². The zero-order valence-corrected chi connectivity index (χ0v) is 15.4. The van der Waals surface area contributed by atoms with Crippen LogP contribution in [0.3, 0.4) is 0 Å². The average Bonchev–Trinajstić information content (AvgIpc) is 2.77. The summed E-state index contributed by atoms with van der Waals surface area (Å²) in [7, 11) is 0. The van der Waals surface area contributed by atoms with Crippen LogP contribution in [0.4, 0.5) is 4.79 Å². The Hall–Kier alpha value is -2.53. The number of primary amides is 1. The summed E-state index contributed by atoms with van der Waals surface area (Å²) in [6, 6.07) is 11.7.